The molecule has 0 aliphatic rings. The minimum Gasteiger partial charge on any atom is -1.00 e. The molecule has 0 aliphatic carbocycles. The zero-order valence-electron chi connectivity index (χ0n) is 17.1. The van der Waals surface area contributed by atoms with E-state index < -0.39 is 7.26 Å². The fraction of sp³-hybridized carbons (Fsp3) is 0.727. The van der Waals surface area contributed by atoms with E-state index in [2.05, 4.69) is 31.2 Å². The molecule has 1 rings (SSSR count). The average Bonchev–Trinajstić information content (AvgIpc) is 2.69. The third kappa shape index (κ3) is 11.4. The summed E-state index contributed by atoms with van der Waals surface area (Å²) >= 11 is 0. The molecule has 0 saturated carbocycles. The first kappa shape index (κ1) is 26.8. The van der Waals surface area contributed by atoms with Crippen molar-refractivity contribution in [1.82, 2.24) is 0 Å². The molecule has 1 aromatic rings. The molecule has 5 heteroatoms. The molecule has 0 amide bonds. The van der Waals surface area contributed by atoms with E-state index in [1.807, 2.05) is 0 Å². The van der Waals surface area contributed by atoms with Crippen LogP contribution in [0.1, 0.15) is 82.3 Å². The van der Waals surface area contributed by atoms with Gasteiger partial charge in [0.1, 0.15) is 0 Å². The molecule has 0 atom stereocenters. The first-order valence-corrected chi connectivity index (χ1v) is 13.0. The first-order chi connectivity index (χ1) is 12.7. The third-order valence-corrected chi connectivity index (χ3v) is 8.10. The lowest BCUT2D eigenvalue weighted by molar-refractivity contribution is -0.00000813. The van der Waals surface area contributed by atoms with Crippen LogP contribution in [0.25, 0.3) is 0 Å². The molecule has 0 radical (unpaired) electrons. The number of halogens is 1. The molecule has 158 valence electrons. The van der Waals surface area contributed by atoms with Crippen molar-refractivity contribution in [1.29, 1.82) is 0 Å². The van der Waals surface area contributed by atoms with Gasteiger partial charge in [-0.15, -0.1) is 0 Å². The molecule has 3 N–H and O–H groups in total. The lowest BCUT2D eigenvalue weighted by atomic mass is 10.0. The van der Waals surface area contributed by atoms with Crippen LogP contribution in [-0.2, 0) is 12.6 Å². The Morgan fingerprint density at radius 2 is 1.04 bits per heavy atom. The van der Waals surface area contributed by atoms with E-state index >= 15 is 0 Å². The summed E-state index contributed by atoms with van der Waals surface area (Å²) in [6.45, 7) is 2.27. The van der Waals surface area contributed by atoms with Crippen LogP contribution in [0.4, 0.5) is 0 Å². The van der Waals surface area contributed by atoms with E-state index in [4.69, 9.17) is 0 Å². The minimum absolute atomic E-state index is 0. The van der Waals surface area contributed by atoms with Gasteiger partial charge in [0.05, 0.1) is 13.4 Å². The maximum atomic E-state index is 9.48. The Hall–Kier alpha value is -0.180. The Morgan fingerprint density at radius 1 is 0.630 bits per heavy atom. The maximum absolute atomic E-state index is 9.48. The normalized spacial score (nSPS) is 11.4. The fourth-order valence-corrected chi connectivity index (χ4v) is 4.85. The monoisotopic (exact) mass is 418 g/mol. The largest absolute Gasteiger partial charge is 1.00 e. The standard InChI is InChI=1S/C22H40O3P.ClH/c1-2-3-4-5-6-7-8-9-10-11-12-21-13-15-22(16-14-21)17-26(18-23,19-24)20-25;/h13-16,23-25H,2-12,17-20H2,1H3;1H/q+1;/p-1. The number of unbranched alkanes of at least 4 members (excludes halogenated alkanes) is 9. The van der Waals surface area contributed by atoms with Gasteiger partial charge in [-0.05, 0) is 24.0 Å². The van der Waals surface area contributed by atoms with E-state index in [1.165, 1.54) is 69.8 Å². The average molecular weight is 419 g/mol. The van der Waals surface area contributed by atoms with Crippen LogP contribution in [0.5, 0.6) is 0 Å². The van der Waals surface area contributed by atoms with Crippen LogP contribution in [0.3, 0.4) is 0 Å². The van der Waals surface area contributed by atoms with Gasteiger partial charge in [-0.1, -0.05) is 89.0 Å². The second-order valence-electron chi connectivity index (χ2n) is 7.67. The minimum atomic E-state index is -2.06. The fourth-order valence-electron chi connectivity index (χ4n) is 3.30. The summed E-state index contributed by atoms with van der Waals surface area (Å²) in [4.78, 5) is 0. The van der Waals surface area contributed by atoms with Crippen molar-refractivity contribution >= 4 is 7.26 Å². The second kappa shape index (κ2) is 16.7. The van der Waals surface area contributed by atoms with Gasteiger partial charge in [0.15, 0.2) is 19.0 Å². The van der Waals surface area contributed by atoms with Crippen molar-refractivity contribution in [2.75, 3.05) is 19.0 Å². The summed E-state index contributed by atoms with van der Waals surface area (Å²) in [5.41, 5.74) is 2.46. The van der Waals surface area contributed by atoms with Gasteiger partial charge in [0, 0.05) is 0 Å². The van der Waals surface area contributed by atoms with Crippen LogP contribution in [0, 0.1) is 0 Å². The van der Waals surface area contributed by atoms with E-state index in [1.54, 1.807) is 0 Å². The van der Waals surface area contributed by atoms with Crippen LogP contribution in [-0.4, -0.2) is 34.4 Å². The Kier molecular flexibility index (Phi) is 16.6. The van der Waals surface area contributed by atoms with Gasteiger partial charge < -0.3 is 27.7 Å². The molecule has 0 heterocycles. The van der Waals surface area contributed by atoms with Gasteiger partial charge in [-0.2, -0.15) is 0 Å². The molecule has 27 heavy (non-hydrogen) atoms. The zero-order valence-corrected chi connectivity index (χ0v) is 18.7. The Bertz CT molecular complexity index is 441. The van der Waals surface area contributed by atoms with Crippen molar-refractivity contribution in [3.8, 4) is 0 Å². The van der Waals surface area contributed by atoms with Crippen LogP contribution in [0.15, 0.2) is 24.3 Å². The van der Waals surface area contributed by atoms with Crippen molar-refractivity contribution in [2.45, 2.75) is 83.7 Å². The number of aryl methyl sites for hydroxylation is 1. The van der Waals surface area contributed by atoms with Crippen molar-refractivity contribution in [3.05, 3.63) is 35.4 Å². The van der Waals surface area contributed by atoms with Gasteiger partial charge in [0.2, 0.25) is 0 Å². The molecule has 0 fully saturated rings. The predicted molar refractivity (Wildman–Crippen MR) is 114 cm³/mol. The van der Waals surface area contributed by atoms with E-state index in [0.29, 0.717) is 6.16 Å². The van der Waals surface area contributed by atoms with Gasteiger partial charge in [-0.25, -0.2) is 0 Å². The molecule has 0 saturated heterocycles. The predicted octanol–water partition coefficient (Wildman–Crippen LogP) is 2.52. The number of benzene rings is 1. The summed E-state index contributed by atoms with van der Waals surface area (Å²) in [6, 6.07) is 8.48. The number of rotatable bonds is 16. The summed E-state index contributed by atoms with van der Waals surface area (Å²) < 4.78 is 0. The van der Waals surface area contributed by atoms with E-state index in [0.717, 1.165) is 12.0 Å². The van der Waals surface area contributed by atoms with Gasteiger partial charge in [-0.3, -0.25) is 0 Å². The Morgan fingerprint density at radius 3 is 1.48 bits per heavy atom. The first-order valence-electron chi connectivity index (χ1n) is 10.4. The quantitative estimate of drug-likeness (QED) is 0.285. The van der Waals surface area contributed by atoms with Crippen LogP contribution >= 0.6 is 7.26 Å². The highest BCUT2D eigenvalue weighted by Crippen LogP contribution is 2.58. The third-order valence-electron chi connectivity index (χ3n) is 5.26. The summed E-state index contributed by atoms with van der Waals surface area (Å²) in [6.07, 6.45) is 15.0. The highest BCUT2D eigenvalue weighted by molar-refractivity contribution is 7.74. The van der Waals surface area contributed by atoms with E-state index in [9.17, 15) is 15.3 Å². The summed E-state index contributed by atoms with van der Waals surface area (Å²) in [5, 5.41) is 28.4. The molecule has 0 aliphatic heterocycles. The Balaban J connectivity index is 0.00000676. The Labute approximate surface area is 173 Å². The van der Waals surface area contributed by atoms with Crippen molar-refractivity contribution in [2.24, 2.45) is 0 Å². The molecule has 3 nitrogen and oxygen atoms in total. The molecular formula is C22H40ClO3P. The second-order valence-corrected chi connectivity index (χ2v) is 11.5. The smallest absolute Gasteiger partial charge is 0.159 e. The maximum Gasteiger partial charge on any atom is 0.159 e. The van der Waals surface area contributed by atoms with Crippen LogP contribution < -0.4 is 12.4 Å². The molecule has 0 unspecified atom stereocenters. The van der Waals surface area contributed by atoms with Crippen LogP contribution in [0.2, 0.25) is 0 Å². The van der Waals surface area contributed by atoms with Crippen molar-refractivity contribution in [3.63, 3.8) is 0 Å². The number of hydrogen-bond acceptors (Lipinski definition) is 3. The lowest BCUT2D eigenvalue weighted by Crippen LogP contribution is -3.00. The molecule has 0 bridgehead atoms. The molecular weight excluding hydrogens is 379 g/mol. The molecule has 1 aromatic carbocycles. The summed E-state index contributed by atoms with van der Waals surface area (Å²) in [7, 11) is -2.06. The van der Waals surface area contributed by atoms with E-state index in [-0.39, 0.29) is 31.5 Å². The van der Waals surface area contributed by atoms with Gasteiger partial charge in [0.25, 0.3) is 0 Å². The zero-order chi connectivity index (χ0) is 19.1. The topological polar surface area (TPSA) is 60.7 Å². The SMILES string of the molecule is CCCCCCCCCCCCc1ccc(C[P+](CO)(CO)CO)cc1.[Cl-]. The molecule has 0 aromatic heterocycles. The number of aliphatic hydroxyl groups excluding tert-OH is 3. The van der Waals surface area contributed by atoms with Crippen molar-refractivity contribution < 1.29 is 27.7 Å². The highest BCUT2D eigenvalue weighted by atomic mass is 35.5. The highest BCUT2D eigenvalue weighted by Gasteiger charge is 2.35. The summed E-state index contributed by atoms with van der Waals surface area (Å²) in [5.74, 6) is 0. The lowest BCUT2D eigenvalue weighted by Gasteiger charge is -2.20. The number of aliphatic hydroxyl groups is 3. The van der Waals surface area contributed by atoms with Gasteiger partial charge >= 0.3 is 0 Å². The number of hydrogen-bond donors (Lipinski definition) is 3. The molecule has 0 spiro atoms.